The number of amides is 1. The summed E-state index contributed by atoms with van der Waals surface area (Å²) in [5, 5.41) is 16.6. The molecule has 1 fully saturated rings. The Morgan fingerprint density at radius 2 is 1.60 bits per heavy atom. The molecule has 1 aliphatic rings. The van der Waals surface area contributed by atoms with E-state index in [1.165, 1.54) is 36.0 Å². The van der Waals surface area contributed by atoms with E-state index >= 15 is 0 Å². The number of carbonyl (C=O) groups excluding carboxylic acids is 1. The molecule has 12 nitrogen and oxygen atoms in total. The van der Waals surface area contributed by atoms with Crippen molar-refractivity contribution in [3.05, 3.63) is 116 Å². The van der Waals surface area contributed by atoms with Crippen molar-refractivity contribution in [2.45, 2.75) is 76.4 Å². The van der Waals surface area contributed by atoms with Crippen LogP contribution in [0.15, 0.2) is 76.6 Å². The summed E-state index contributed by atoms with van der Waals surface area (Å²) in [5.74, 6) is -0.0442. The van der Waals surface area contributed by atoms with Gasteiger partial charge in [0, 0.05) is 6.04 Å². The molecule has 3 aromatic carbocycles. The minimum atomic E-state index is -4.67. The molecule has 0 atom stereocenters. The van der Waals surface area contributed by atoms with Crippen molar-refractivity contribution in [3.8, 4) is 28.8 Å². The molecule has 0 unspecified atom stereocenters. The fourth-order valence-electron chi connectivity index (χ4n) is 7.11. The maximum atomic E-state index is 14.2. The first kappa shape index (κ1) is 38.7. The first-order valence-electron chi connectivity index (χ1n) is 16.5. The van der Waals surface area contributed by atoms with E-state index in [-0.39, 0.29) is 40.1 Å². The van der Waals surface area contributed by atoms with E-state index < -0.39 is 33.6 Å². The number of alkyl halides is 3. The number of nitrogens with one attached hydrogen (secondary N) is 1. The van der Waals surface area contributed by atoms with Gasteiger partial charge in [0.15, 0.2) is 0 Å². The molecule has 278 valence electrons. The van der Waals surface area contributed by atoms with Gasteiger partial charge in [-0.15, -0.1) is 0 Å². The van der Waals surface area contributed by atoms with Gasteiger partial charge in [-0.05, 0) is 136 Å². The number of carbonyl (C=O) groups is 1. The lowest BCUT2D eigenvalue weighted by Gasteiger charge is -2.31. The van der Waals surface area contributed by atoms with Gasteiger partial charge in [-0.3, -0.25) is 9.12 Å². The predicted octanol–water partition coefficient (Wildman–Crippen LogP) is 7.31. The zero-order valence-electron chi connectivity index (χ0n) is 29.4. The van der Waals surface area contributed by atoms with Crippen LogP contribution in [0, 0.1) is 39.0 Å². The third-order valence-corrected chi connectivity index (χ3v) is 11.0. The van der Waals surface area contributed by atoms with Crippen LogP contribution in [0.25, 0.3) is 22.8 Å². The largest absolute Gasteiger partial charge is 0.416 e. The van der Waals surface area contributed by atoms with Crippen LogP contribution in [-0.2, 0) is 16.3 Å². The molecule has 5 aromatic rings. The number of aromatic nitrogens is 4. The molecule has 0 aliphatic heterocycles. The lowest BCUT2D eigenvalue weighted by atomic mass is 9.79. The molecule has 1 saturated carbocycles. The number of rotatable bonds is 6. The van der Waals surface area contributed by atoms with Crippen LogP contribution < -0.4 is 17.2 Å². The molecule has 1 aliphatic carbocycles. The Balaban J connectivity index is 0.00000541. The van der Waals surface area contributed by atoms with Gasteiger partial charge in [-0.1, -0.05) is 6.07 Å². The highest BCUT2D eigenvalue weighted by molar-refractivity contribution is 7.85. The van der Waals surface area contributed by atoms with Gasteiger partial charge in [0.05, 0.1) is 51.1 Å². The van der Waals surface area contributed by atoms with Gasteiger partial charge in [-0.25, -0.2) is 18.8 Å². The highest BCUT2D eigenvalue weighted by Gasteiger charge is 2.33. The van der Waals surface area contributed by atoms with Gasteiger partial charge < -0.3 is 11.5 Å². The topological polar surface area (TPSA) is 187 Å². The lowest BCUT2D eigenvalue weighted by molar-refractivity contribution is -0.137. The lowest BCUT2D eigenvalue weighted by Crippen LogP contribution is -2.43. The summed E-state index contributed by atoms with van der Waals surface area (Å²) in [6.07, 6.45) is -1.07. The average molecular weight is 750 g/mol. The molecule has 16 heteroatoms. The molecular weight excluding hydrogens is 712 g/mol. The number of hydrogen-bond donors (Lipinski definition) is 3. The Labute approximate surface area is 303 Å². The number of benzene rings is 3. The summed E-state index contributed by atoms with van der Waals surface area (Å²) in [6, 6.07) is 14.7. The van der Waals surface area contributed by atoms with E-state index in [0.717, 1.165) is 38.0 Å². The SMILES string of the molecule is Cc1c(S(=O)(=O)O)cc([C@H]2CC[C@H](NC(=O)n3c(-c4ccnn4-c4ccc(C#N)cc4)c(C)n(-c4cccc(C(F)(F)F)c4)c3=O)CC2)c(C)c1C.N. The Bertz CT molecular complexity index is 2420. The fourth-order valence-corrected chi connectivity index (χ4v) is 7.92. The predicted molar refractivity (Wildman–Crippen MR) is 191 cm³/mol. The summed E-state index contributed by atoms with van der Waals surface area (Å²) in [6.45, 7) is 6.91. The van der Waals surface area contributed by atoms with Crippen LogP contribution in [0.2, 0.25) is 0 Å². The summed E-state index contributed by atoms with van der Waals surface area (Å²) in [5.41, 5.74) is 2.61. The van der Waals surface area contributed by atoms with Crippen molar-refractivity contribution < 1.29 is 30.9 Å². The van der Waals surface area contributed by atoms with E-state index in [1.54, 1.807) is 37.3 Å². The average Bonchev–Trinajstić information content (AvgIpc) is 3.68. The second-order valence-corrected chi connectivity index (χ2v) is 14.4. The van der Waals surface area contributed by atoms with Gasteiger partial charge in [0.1, 0.15) is 5.69 Å². The molecule has 2 heterocycles. The summed E-state index contributed by atoms with van der Waals surface area (Å²) in [4.78, 5) is 28.2. The standard InChI is InChI=1S/C37H35F3N6O5S.H3N/c1-21-22(2)31(19-33(23(21)3)52(49,50)51)26-10-12-28(13-11-26)43-35(47)45-34(32-16-17-42-46(32)29-14-8-25(20-41)9-15-29)24(4)44(36(45)48)30-7-5-6-27(18-30)37(38,39)40;/h5-9,14-19,26,28H,10-13H2,1-4H3,(H,43,47)(H,49,50,51);1H3/t26-,28-;. The number of imidazole rings is 1. The molecule has 2 aromatic heterocycles. The number of nitriles is 1. The molecule has 0 saturated heterocycles. The van der Waals surface area contributed by atoms with Crippen molar-refractivity contribution in [1.29, 1.82) is 5.26 Å². The molecule has 0 spiro atoms. The van der Waals surface area contributed by atoms with E-state index in [0.29, 0.717) is 48.2 Å². The second kappa shape index (κ2) is 14.5. The van der Waals surface area contributed by atoms with Crippen LogP contribution in [0.3, 0.4) is 0 Å². The van der Waals surface area contributed by atoms with Gasteiger partial charge in [-0.2, -0.15) is 31.9 Å². The Morgan fingerprint density at radius 3 is 2.21 bits per heavy atom. The quantitative estimate of drug-likeness (QED) is 0.151. The van der Waals surface area contributed by atoms with Crippen LogP contribution in [0.5, 0.6) is 0 Å². The van der Waals surface area contributed by atoms with Crippen molar-refractivity contribution in [2.24, 2.45) is 0 Å². The van der Waals surface area contributed by atoms with Crippen molar-refractivity contribution in [1.82, 2.24) is 30.4 Å². The highest BCUT2D eigenvalue weighted by Crippen LogP contribution is 2.38. The van der Waals surface area contributed by atoms with E-state index in [9.17, 15) is 41.0 Å². The molecule has 1 amide bonds. The van der Waals surface area contributed by atoms with Crippen LogP contribution in [0.4, 0.5) is 18.0 Å². The number of nitrogens with zero attached hydrogens (tertiary/aromatic N) is 5. The third kappa shape index (κ3) is 7.28. The van der Waals surface area contributed by atoms with Crippen molar-refractivity contribution >= 4 is 16.1 Å². The van der Waals surface area contributed by atoms with E-state index in [2.05, 4.69) is 10.4 Å². The third-order valence-electron chi connectivity index (χ3n) is 10.0. The van der Waals surface area contributed by atoms with Gasteiger partial charge in [0.2, 0.25) is 0 Å². The van der Waals surface area contributed by atoms with E-state index in [1.807, 2.05) is 19.9 Å². The highest BCUT2D eigenvalue weighted by atomic mass is 32.2. The first-order chi connectivity index (χ1) is 24.5. The molecule has 0 radical (unpaired) electrons. The minimum absolute atomic E-state index is 0. The minimum Gasteiger partial charge on any atom is -0.344 e. The fraction of sp³-hybridized carbons (Fsp3) is 0.297. The summed E-state index contributed by atoms with van der Waals surface area (Å²) in [7, 11) is -4.44. The molecule has 53 heavy (non-hydrogen) atoms. The smallest absolute Gasteiger partial charge is 0.344 e. The normalized spacial score (nSPS) is 16.1. The monoisotopic (exact) mass is 749 g/mol. The maximum Gasteiger partial charge on any atom is 0.416 e. The molecule has 0 bridgehead atoms. The van der Waals surface area contributed by atoms with Crippen LogP contribution in [-0.4, -0.2) is 44.0 Å². The van der Waals surface area contributed by atoms with E-state index in [4.69, 9.17) is 0 Å². The second-order valence-electron chi connectivity index (χ2n) is 13.0. The zero-order chi connectivity index (χ0) is 37.7. The summed E-state index contributed by atoms with van der Waals surface area (Å²) < 4.78 is 78.7. The van der Waals surface area contributed by atoms with Crippen molar-refractivity contribution in [3.63, 3.8) is 0 Å². The number of hydrogen-bond acceptors (Lipinski definition) is 7. The van der Waals surface area contributed by atoms with Crippen LogP contribution in [0.1, 0.15) is 70.7 Å². The van der Waals surface area contributed by atoms with Gasteiger partial charge >= 0.3 is 17.9 Å². The maximum absolute atomic E-state index is 14.2. The Hall–Kier alpha value is -5.50. The van der Waals surface area contributed by atoms with Gasteiger partial charge in [0.25, 0.3) is 10.1 Å². The zero-order valence-corrected chi connectivity index (χ0v) is 30.2. The molecule has 5 N–H and O–H groups in total. The molecule has 6 rings (SSSR count). The summed E-state index contributed by atoms with van der Waals surface area (Å²) >= 11 is 0. The Morgan fingerprint density at radius 1 is 0.943 bits per heavy atom. The number of halogens is 3. The van der Waals surface area contributed by atoms with Crippen LogP contribution >= 0.6 is 0 Å². The van der Waals surface area contributed by atoms with Crippen molar-refractivity contribution in [2.75, 3.05) is 0 Å². The first-order valence-corrected chi connectivity index (χ1v) is 17.9. The Kier molecular flexibility index (Phi) is 10.6. The molecular formula is C37H38F3N7O5S.